The second-order valence-corrected chi connectivity index (χ2v) is 3.60. The molecule has 0 aliphatic heterocycles. The van der Waals surface area contributed by atoms with Crippen LogP contribution in [0.5, 0.6) is 0 Å². The van der Waals surface area contributed by atoms with Crippen LogP contribution in [0, 0.1) is 6.92 Å². The van der Waals surface area contributed by atoms with Gasteiger partial charge in [0.1, 0.15) is 5.82 Å². The summed E-state index contributed by atoms with van der Waals surface area (Å²) in [5.74, 6) is 1.56. The lowest BCUT2D eigenvalue weighted by molar-refractivity contribution is 0.756. The molecule has 1 N–H and O–H groups in total. The Morgan fingerprint density at radius 1 is 1.44 bits per heavy atom. The molecule has 0 saturated heterocycles. The van der Waals surface area contributed by atoms with Crippen LogP contribution in [-0.4, -0.2) is 26.3 Å². The van der Waals surface area contributed by atoms with Crippen LogP contribution in [0.1, 0.15) is 12.6 Å². The Bertz CT molecular complexity index is 489. The van der Waals surface area contributed by atoms with Gasteiger partial charge in [0.25, 0.3) is 0 Å². The van der Waals surface area contributed by atoms with E-state index >= 15 is 0 Å². The summed E-state index contributed by atoms with van der Waals surface area (Å²) < 4.78 is 1.77. The molecule has 0 aliphatic carbocycles. The summed E-state index contributed by atoms with van der Waals surface area (Å²) in [5.41, 5.74) is 1.92. The molecule has 5 heteroatoms. The fourth-order valence-corrected chi connectivity index (χ4v) is 1.59. The maximum absolute atomic E-state index is 4.43. The molecule has 5 nitrogen and oxygen atoms in total. The molecule has 0 saturated carbocycles. The number of hydrogen-bond donors (Lipinski definition) is 1. The van der Waals surface area contributed by atoms with Gasteiger partial charge in [0.15, 0.2) is 5.82 Å². The first-order valence-corrected chi connectivity index (χ1v) is 5.28. The maximum atomic E-state index is 4.43. The molecule has 0 spiro atoms. The van der Waals surface area contributed by atoms with Gasteiger partial charge in [0.2, 0.25) is 0 Å². The molecule has 0 bridgehead atoms. The summed E-state index contributed by atoms with van der Waals surface area (Å²) in [6.07, 6.45) is 3.69. The van der Waals surface area contributed by atoms with E-state index < -0.39 is 0 Å². The molecule has 0 amide bonds. The van der Waals surface area contributed by atoms with E-state index in [-0.39, 0.29) is 0 Å². The predicted molar refractivity (Wildman–Crippen MR) is 63.1 cm³/mol. The second-order valence-electron chi connectivity index (χ2n) is 3.60. The topological polar surface area (TPSA) is 55.6 Å². The van der Waals surface area contributed by atoms with Gasteiger partial charge in [0, 0.05) is 26.0 Å². The van der Waals surface area contributed by atoms with Gasteiger partial charge in [-0.15, -0.1) is 0 Å². The van der Waals surface area contributed by atoms with Crippen molar-refractivity contribution in [2.24, 2.45) is 7.05 Å². The van der Waals surface area contributed by atoms with Gasteiger partial charge in [-0.05, 0) is 19.9 Å². The maximum Gasteiger partial charge on any atom is 0.164 e. The van der Waals surface area contributed by atoms with Crippen LogP contribution in [0.4, 0.5) is 5.82 Å². The van der Waals surface area contributed by atoms with Crippen molar-refractivity contribution in [1.29, 1.82) is 0 Å². The smallest absolute Gasteiger partial charge is 0.164 e. The predicted octanol–water partition coefficient (Wildman–Crippen LogP) is 1.62. The highest BCUT2D eigenvalue weighted by Gasteiger charge is 2.08. The van der Waals surface area contributed by atoms with Crippen LogP contribution in [0.15, 0.2) is 18.5 Å². The van der Waals surface area contributed by atoms with Gasteiger partial charge in [0.05, 0.1) is 11.3 Å². The average molecular weight is 217 g/mol. The van der Waals surface area contributed by atoms with Crippen molar-refractivity contribution in [3.8, 4) is 11.4 Å². The van der Waals surface area contributed by atoms with E-state index in [0.29, 0.717) is 5.82 Å². The zero-order valence-electron chi connectivity index (χ0n) is 9.73. The van der Waals surface area contributed by atoms with Gasteiger partial charge >= 0.3 is 0 Å². The molecule has 0 radical (unpaired) electrons. The molecular weight excluding hydrogens is 202 g/mol. The largest absolute Gasteiger partial charge is 0.370 e. The van der Waals surface area contributed by atoms with Crippen molar-refractivity contribution in [2.75, 3.05) is 11.9 Å². The molecule has 84 valence electrons. The van der Waals surface area contributed by atoms with Crippen LogP contribution in [0.3, 0.4) is 0 Å². The minimum atomic E-state index is 0.712. The number of anilines is 1. The second kappa shape index (κ2) is 4.30. The highest BCUT2D eigenvalue weighted by Crippen LogP contribution is 2.18. The quantitative estimate of drug-likeness (QED) is 0.848. The van der Waals surface area contributed by atoms with E-state index in [2.05, 4.69) is 20.4 Å². The number of hydrogen-bond acceptors (Lipinski definition) is 4. The van der Waals surface area contributed by atoms with Gasteiger partial charge in [-0.2, -0.15) is 5.10 Å². The van der Waals surface area contributed by atoms with Crippen molar-refractivity contribution in [3.05, 3.63) is 24.2 Å². The zero-order chi connectivity index (χ0) is 11.5. The highest BCUT2D eigenvalue weighted by atomic mass is 15.3. The summed E-state index contributed by atoms with van der Waals surface area (Å²) in [6, 6.07) is 1.86. The number of aromatic nitrogens is 4. The van der Waals surface area contributed by atoms with E-state index in [1.807, 2.05) is 33.2 Å². The van der Waals surface area contributed by atoms with Crippen molar-refractivity contribution < 1.29 is 0 Å². The number of nitrogens with zero attached hydrogens (tertiary/aromatic N) is 4. The van der Waals surface area contributed by atoms with Crippen LogP contribution >= 0.6 is 0 Å². The molecule has 2 heterocycles. The SMILES string of the molecule is CCNc1ccnc(-c2cn(C)nc2C)n1. The Morgan fingerprint density at radius 3 is 2.88 bits per heavy atom. The highest BCUT2D eigenvalue weighted by molar-refractivity contribution is 5.58. The van der Waals surface area contributed by atoms with Gasteiger partial charge in [-0.25, -0.2) is 9.97 Å². The third-order valence-electron chi connectivity index (χ3n) is 2.27. The van der Waals surface area contributed by atoms with Crippen molar-refractivity contribution in [3.63, 3.8) is 0 Å². The van der Waals surface area contributed by atoms with Crippen molar-refractivity contribution >= 4 is 5.82 Å². The third-order valence-corrected chi connectivity index (χ3v) is 2.27. The molecule has 0 fully saturated rings. The van der Waals surface area contributed by atoms with Gasteiger partial charge in [-0.3, -0.25) is 4.68 Å². The summed E-state index contributed by atoms with van der Waals surface area (Å²) in [4.78, 5) is 8.69. The Kier molecular flexibility index (Phi) is 2.85. The molecule has 2 aromatic heterocycles. The van der Waals surface area contributed by atoms with E-state index in [9.17, 15) is 0 Å². The lowest BCUT2D eigenvalue weighted by Gasteiger charge is -2.03. The molecule has 2 rings (SSSR count). The number of nitrogens with one attached hydrogen (secondary N) is 1. The zero-order valence-corrected chi connectivity index (χ0v) is 9.73. The standard InChI is InChI=1S/C11H15N5/c1-4-12-10-5-6-13-11(14-10)9-7-16(3)15-8(9)2/h5-7H,4H2,1-3H3,(H,12,13,14). The summed E-state index contributed by atoms with van der Waals surface area (Å²) in [6.45, 7) is 4.85. The van der Waals surface area contributed by atoms with Crippen LogP contribution in [0.25, 0.3) is 11.4 Å². The van der Waals surface area contributed by atoms with Crippen molar-refractivity contribution in [1.82, 2.24) is 19.7 Å². The normalized spacial score (nSPS) is 10.4. The van der Waals surface area contributed by atoms with E-state index in [0.717, 1.165) is 23.6 Å². The third kappa shape index (κ3) is 2.03. The molecular formula is C11H15N5. The van der Waals surface area contributed by atoms with Crippen LogP contribution in [-0.2, 0) is 7.05 Å². The van der Waals surface area contributed by atoms with Crippen LogP contribution in [0.2, 0.25) is 0 Å². The fourth-order valence-electron chi connectivity index (χ4n) is 1.59. The Hall–Kier alpha value is -1.91. The Labute approximate surface area is 94.5 Å². The van der Waals surface area contributed by atoms with E-state index in [1.54, 1.807) is 10.9 Å². The van der Waals surface area contributed by atoms with Gasteiger partial charge < -0.3 is 5.32 Å². The first-order valence-electron chi connectivity index (χ1n) is 5.28. The molecule has 0 aliphatic rings. The van der Waals surface area contributed by atoms with Crippen molar-refractivity contribution in [2.45, 2.75) is 13.8 Å². The number of rotatable bonds is 3. The lowest BCUT2D eigenvalue weighted by atomic mass is 10.2. The summed E-state index contributed by atoms with van der Waals surface area (Å²) in [5, 5.41) is 7.44. The molecule has 2 aromatic rings. The minimum absolute atomic E-state index is 0.712. The molecule has 0 unspecified atom stereocenters. The first-order chi connectivity index (χ1) is 7.70. The average Bonchev–Trinajstić information content (AvgIpc) is 2.59. The summed E-state index contributed by atoms with van der Waals surface area (Å²) >= 11 is 0. The number of aryl methyl sites for hydroxylation is 2. The minimum Gasteiger partial charge on any atom is -0.370 e. The summed E-state index contributed by atoms with van der Waals surface area (Å²) in [7, 11) is 1.89. The Morgan fingerprint density at radius 2 is 2.25 bits per heavy atom. The fraction of sp³-hybridized carbons (Fsp3) is 0.364. The van der Waals surface area contributed by atoms with Crippen LogP contribution < -0.4 is 5.32 Å². The molecule has 0 atom stereocenters. The van der Waals surface area contributed by atoms with Gasteiger partial charge in [-0.1, -0.05) is 0 Å². The lowest BCUT2D eigenvalue weighted by Crippen LogP contribution is -2.00. The van der Waals surface area contributed by atoms with E-state index in [1.165, 1.54) is 0 Å². The van der Waals surface area contributed by atoms with E-state index in [4.69, 9.17) is 0 Å². The Balaban J connectivity index is 2.40. The molecule has 0 aromatic carbocycles. The first kappa shape index (κ1) is 10.6. The molecule has 16 heavy (non-hydrogen) atoms. The monoisotopic (exact) mass is 217 g/mol.